The van der Waals surface area contributed by atoms with E-state index in [0.717, 1.165) is 0 Å². The van der Waals surface area contributed by atoms with Gasteiger partial charge in [0, 0.05) is 10.5 Å². The molecular formula is C13H16S. The van der Waals surface area contributed by atoms with E-state index in [9.17, 15) is 0 Å². The molecule has 0 aliphatic carbocycles. The minimum Gasteiger partial charge on any atom is -0.146 e. The molecule has 1 aliphatic rings. The average molecular weight is 204 g/mol. The Hall–Kier alpha value is -0.690. The first kappa shape index (κ1) is 9.85. The molecule has 0 bridgehead atoms. The molecule has 1 heterocycles. The van der Waals surface area contributed by atoms with Crippen molar-refractivity contribution < 1.29 is 0 Å². The Labute approximate surface area is 90.4 Å². The summed E-state index contributed by atoms with van der Waals surface area (Å²) >= 11 is 2.06. The molecule has 0 saturated heterocycles. The van der Waals surface area contributed by atoms with Gasteiger partial charge in [0.15, 0.2) is 0 Å². The Morgan fingerprint density at radius 2 is 1.64 bits per heavy atom. The largest absolute Gasteiger partial charge is 0.146 e. The van der Waals surface area contributed by atoms with Gasteiger partial charge in [0.2, 0.25) is 0 Å². The van der Waals surface area contributed by atoms with Crippen molar-refractivity contribution in [3.8, 4) is 0 Å². The van der Waals surface area contributed by atoms with Crippen molar-refractivity contribution in [2.45, 2.75) is 31.3 Å². The first-order valence-electron chi connectivity index (χ1n) is 5.11. The van der Waals surface area contributed by atoms with Crippen LogP contribution in [0.4, 0.5) is 0 Å². The molecule has 0 amide bonds. The highest BCUT2D eigenvalue weighted by atomic mass is 32.2. The Morgan fingerprint density at radius 1 is 1.00 bits per heavy atom. The van der Waals surface area contributed by atoms with Gasteiger partial charge in [-0.05, 0) is 31.9 Å². The SMILES string of the molecule is CC1=C(c2ccccc2)C(C)SC1C. The second-order valence-electron chi connectivity index (χ2n) is 3.88. The maximum Gasteiger partial charge on any atom is 0.0280 e. The molecule has 0 nitrogen and oxygen atoms in total. The second kappa shape index (κ2) is 3.82. The molecule has 0 spiro atoms. The number of thioether (sulfide) groups is 1. The van der Waals surface area contributed by atoms with Crippen LogP contribution in [0.2, 0.25) is 0 Å². The van der Waals surface area contributed by atoms with Crippen LogP contribution < -0.4 is 0 Å². The van der Waals surface area contributed by atoms with Crippen LogP contribution in [0.3, 0.4) is 0 Å². The highest BCUT2D eigenvalue weighted by Gasteiger charge is 2.26. The lowest BCUT2D eigenvalue weighted by Gasteiger charge is -2.09. The molecule has 0 saturated carbocycles. The predicted octanol–water partition coefficient (Wildman–Crippen LogP) is 3.98. The molecule has 74 valence electrons. The van der Waals surface area contributed by atoms with E-state index >= 15 is 0 Å². The van der Waals surface area contributed by atoms with Crippen LogP contribution in [0.1, 0.15) is 26.3 Å². The molecular weight excluding hydrogens is 188 g/mol. The minimum atomic E-state index is 0.646. The van der Waals surface area contributed by atoms with E-state index in [1.807, 2.05) is 0 Å². The number of hydrogen-bond donors (Lipinski definition) is 0. The molecule has 0 radical (unpaired) electrons. The summed E-state index contributed by atoms with van der Waals surface area (Å²) in [6.07, 6.45) is 0. The van der Waals surface area contributed by atoms with Crippen LogP contribution in [0.5, 0.6) is 0 Å². The van der Waals surface area contributed by atoms with Crippen LogP contribution in [0.15, 0.2) is 35.9 Å². The van der Waals surface area contributed by atoms with Crippen LogP contribution in [-0.2, 0) is 0 Å². The number of benzene rings is 1. The molecule has 14 heavy (non-hydrogen) atoms. The lowest BCUT2D eigenvalue weighted by molar-refractivity contribution is 1.14. The third-order valence-electron chi connectivity index (χ3n) is 2.93. The third kappa shape index (κ3) is 1.61. The van der Waals surface area contributed by atoms with Crippen LogP contribution >= 0.6 is 11.8 Å². The Morgan fingerprint density at radius 3 is 2.14 bits per heavy atom. The van der Waals surface area contributed by atoms with Crippen LogP contribution in [-0.4, -0.2) is 10.5 Å². The van der Waals surface area contributed by atoms with Crippen LogP contribution in [0, 0.1) is 0 Å². The maximum atomic E-state index is 2.31. The van der Waals surface area contributed by atoms with Gasteiger partial charge in [-0.3, -0.25) is 0 Å². The molecule has 0 N–H and O–H groups in total. The van der Waals surface area contributed by atoms with E-state index < -0.39 is 0 Å². The van der Waals surface area contributed by atoms with E-state index in [4.69, 9.17) is 0 Å². The van der Waals surface area contributed by atoms with E-state index in [1.54, 1.807) is 11.1 Å². The minimum absolute atomic E-state index is 0.646. The zero-order valence-electron chi connectivity index (χ0n) is 8.95. The summed E-state index contributed by atoms with van der Waals surface area (Å²) in [5.74, 6) is 0. The Bertz CT molecular complexity index is 351. The summed E-state index contributed by atoms with van der Waals surface area (Å²) in [4.78, 5) is 0. The van der Waals surface area contributed by atoms with Crippen LogP contribution in [0.25, 0.3) is 5.57 Å². The summed E-state index contributed by atoms with van der Waals surface area (Å²) < 4.78 is 0. The van der Waals surface area contributed by atoms with E-state index in [-0.39, 0.29) is 0 Å². The van der Waals surface area contributed by atoms with Gasteiger partial charge in [0.25, 0.3) is 0 Å². The fourth-order valence-electron chi connectivity index (χ4n) is 2.10. The van der Waals surface area contributed by atoms with Gasteiger partial charge in [-0.25, -0.2) is 0 Å². The summed E-state index contributed by atoms with van der Waals surface area (Å²) in [6, 6.07) is 10.8. The van der Waals surface area contributed by atoms with E-state index in [2.05, 4.69) is 62.9 Å². The Kier molecular flexibility index (Phi) is 2.69. The molecule has 1 aromatic carbocycles. The van der Waals surface area contributed by atoms with Gasteiger partial charge >= 0.3 is 0 Å². The standard InChI is InChI=1S/C13H16S/c1-9-10(2)14-11(3)13(9)12-7-5-4-6-8-12/h4-8,10-11H,1-3H3. The molecule has 0 aromatic heterocycles. The molecule has 0 fully saturated rings. The van der Waals surface area contributed by atoms with Crippen molar-refractivity contribution in [1.82, 2.24) is 0 Å². The van der Waals surface area contributed by atoms with Gasteiger partial charge in [-0.15, -0.1) is 11.8 Å². The van der Waals surface area contributed by atoms with Crippen molar-refractivity contribution in [3.05, 3.63) is 41.5 Å². The molecule has 2 atom stereocenters. The zero-order chi connectivity index (χ0) is 10.1. The first-order chi connectivity index (χ1) is 6.70. The summed E-state index contributed by atoms with van der Waals surface area (Å²) in [5.41, 5.74) is 4.49. The molecule has 2 rings (SSSR count). The summed E-state index contributed by atoms with van der Waals surface area (Å²) in [7, 11) is 0. The fraction of sp³-hybridized carbons (Fsp3) is 0.385. The number of rotatable bonds is 1. The monoisotopic (exact) mass is 204 g/mol. The topological polar surface area (TPSA) is 0 Å². The number of hydrogen-bond acceptors (Lipinski definition) is 1. The molecule has 1 aliphatic heterocycles. The van der Waals surface area contributed by atoms with E-state index in [0.29, 0.717) is 10.5 Å². The smallest absolute Gasteiger partial charge is 0.0280 e. The van der Waals surface area contributed by atoms with Gasteiger partial charge < -0.3 is 0 Å². The van der Waals surface area contributed by atoms with E-state index in [1.165, 1.54) is 5.56 Å². The fourth-order valence-corrected chi connectivity index (χ4v) is 3.50. The van der Waals surface area contributed by atoms with Gasteiger partial charge in [-0.2, -0.15) is 0 Å². The second-order valence-corrected chi connectivity index (χ2v) is 5.57. The van der Waals surface area contributed by atoms with Crippen molar-refractivity contribution >= 4 is 17.3 Å². The highest BCUT2D eigenvalue weighted by molar-refractivity contribution is 8.01. The maximum absolute atomic E-state index is 2.31. The predicted molar refractivity (Wildman–Crippen MR) is 65.6 cm³/mol. The van der Waals surface area contributed by atoms with Gasteiger partial charge in [-0.1, -0.05) is 35.9 Å². The zero-order valence-corrected chi connectivity index (χ0v) is 9.77. The summed E-state index contributed by atoms with van der Waals surface area (Å²) in [5, 5.41) is 1.33. The quantitative estimate of drug-likeness (QED) is 0.666. The Balaban J connectivity index is 2.44. The molecule has 1 aromatic rings. The van der Waals surface area contributed by atoms with Gasteiger partial charge in [0.05, 0.1) is 0 Å². The first-order valence-corrected chi connectivity index (χ1v) is 6.06. The van der Waals surface area contributed by atoms with Crippen molar-refractivity contribution in [2.24, 2.45) is 0 Å². The van der Waals surface area contributed by atoms with Gasteiger partial charge in [0.1, 0.15) is 0 Å². The lowest BCUT2D eigenvalue weighted by atomic mass is 9.97. The molecule has 1 heteroatoms. The summed E-state index contributed by atoms with van der Waals surface area (Å²) in [6.45, 7) is 6.87. The van der Waals surface area contributed by atoms with Crippen molar-refractivity contribution in [2.75, 3.05) is 0 Å². The van der Waals surface area contributed by atoms with Crippen molar-refractivity contribution in [1.29, 1.82) is 0 Å². The third-order valence-corrected chi connectivity index (χ3v) is 4.34. The lowest BCUT2D eigenvalue weighted by Crippen LogP contribution is -1.95. The average Bonchev–Trinajstić information content (AvgIpc) is 2.43. The van der Waals surface area contributed by atoms with Crippen molar-refractivity contribution in [3.63, 3.8) is 0 Å². The highest BCUT2D eigenvalue weighted by Crippen LogP contribution is 2.42. The normalized spacial score (nSPS) is 27.1. The molecule has 2 unspecified atom stereocenters.